The number of hydrogen-bond acceptors (Lipinski definition) is 3. The van der Waals surface area contributed by atoms with Crippen LogP contribution in [0.4, 0.5) is 0 Å². The minimum Gasteiger partial charge on any atom is -0.496 e. The van der Waals surface area contributed by atoms with E-state index in [1.807, 2.05) is 18.2 Å². The van der Waals surface area contributed by atoms with E-state index in [1.54, 1.807) is 14.0 Å². The van der Waals surface area contributed by atoms with Crippen molar-refractivity contribution in [1.29, 1.82) is 0 Å². The number of ketones is 1. The summed E-state index contributed by atoms with van der Waals surface area (Å²) in [6.07, 6.45) is 0.361. The number of benzene rings is 1. The number of ether oxygens (including phenoxy) is 1. The highest BCUT2D eigenvalue weighted by atomic mass is 79.9. The fraction of sp³-hybridized carbons (Fsp3) is 0.364. The summed E-state index contributed by atoms with van der Waals surface area (Å²) in [5.41, 5.74) is 6.43. The molecule has 0 fully saturated rings. The van der Waals surface area contributed by atoms with Crippen molar-refractivity contribution in [2.45, 2.75) is 19.4 Å². The average Bonchev–Trinajstić information content (AvgIpc) is 2.18. The maximum atomic E-state index is 11.4. The molecule has 1 aromatic rings. The Bertz CT molecular complexity index is 364. The predicted octanol–water partition coefficient (Wildman–Crippen LogP) is 1.92. The van der Waals surface area contributed by atoms with Crippen LogP contribution in [0.3, 0.4) is 0 Å². The normalized spacial score (nSPS) is 12.3. The molecule has 2 N–H and O–H groups in total. The number of Topliss-reactive ketones (excluding diaryl/α,β-unsaturated/α-hetero) is 1. The summed E-state index contributed by atoms with van der Waals surface area (Å²) in [5, 5.41) is 0. The van der Waals surface area contributed by atoms with Crippen LogP contribution in [0.5, 0.6) is 5.75 Å². The number of carbonyl (C=O) groups is 1. The molecule has 0 aliphatic rings. The number of halogens is 1. The van der Waals surface area contributed by atoms with Crippen LogP contribution in [0, 0.1) is 0 Å². The van der Waals surface area contributed by atoms with Crippen LogP contribution in [0.1, 0.15) is 12.5 Å². The lowest BCUT2D eigenvalue weighted by molar-refractivity contribution is -0.119. The summed E-state index contributed by atoms with van der Waals surface area (Å²) >= 11 is 3.37. The predicted molar refractivity (Wildman–Crippen MR) is 63.1 cm³/mol. The minimum absolute atomic E-state index is 0.0343. The molecule has 15 heavy (non-hydrogen) atoms. The largest absolute Gasteiger partial charge is 0.496 e. The van der Waals surface area contributed by atoms with Crippen LogP contribution in [0.25, 0.3) is 0 Å². The Balaban J connectivity index is 2.80. The summed E-state index contributed by atoms with van der Waals surface area (Å²) in [6.45, 7) is 1.70. The van der Waals surface area contributed by atoms with Gasteiger partial charge < -0.3 is 10.5 Å². The zero-order valence-corrected chi connectivity index (χ0v) is 10.4. The van der Waals surface area contributed by atoms with Crippen molar-refractivity contribution in [2.75, 3.05) is 7.11 Å². The van der Waals surface area contributed by atoms with Gasteiger partial charge in [0.1, 0.15) is 5.75 Å². The third-order valence-electron chi connectivity index (χ3n) is 2.10. The van der Waals surface area contributed by atoms with Gasteiger partial charge in [-0.2, -0.15) is 0 Å². The maximum Gasteiger partial charge on any atom is 0.153 e. The second-order valence-electron chi connectivity index (χ2n) is 3.40. The van der Waals surface area contributed by atoms with Crippen molar-refractivity contribution in [3.8, 4) is 5.75 Å². The fourth-order valence-electron chi connectivity index (χ4n) is 1.18. The molecule has 1 atom stereocenters. The Morgan fingerprint density at radius 3 is 2.73 bits per heavy atom. The molecule has 82 valence electrons. The van der Waals surface area contributed by atoms with Gasteiger partial charge in [-0.25, -0.2) is 0 Å². The van der Waals surface area contributed by atoms with Crippen LogP contribution in [0.15, 0.2) is 22.7 Å². The fourth-order valence-corrected chi connectivity index (χ4v) is 1.77. The average molecular weight is 272 g/mol. The van der Waals surface area contributed by atoms with Crippen molar-refractivity contribution >= 4 is 21.7 Å². The molecule has 1 aromatic carbocycles. The summed E-state index contributed by atoms with van der Waals surface area (Å²) in [4.78, 5) is 11.4. The van der Waals surface area contributed by atoms with Gasteiger partial charge in [-0.3, -0.25) is 4.79 Å². The highest BCUT2D eigenvalue weighted by Crippen LogP contribution is 2.25. The van der Waals surface area contributed by atoms with Crippen molar-refractivity contribution in [1.82, 2.24) is 0 Å². The molecule has 1 rings (SSSR count). The molecule has 0 radical (unpaired) electrons. The topological polar surface area (TPSA) is 52.3 Å². The van der Waals surface area contributed by atoms with Crippen molar-refractivity contribution in [3.63, 3.8) is 0 Å². The van der Waals surface area contributed by atoms with Crippen molar-refractivity contribution in [3.05, 3.63) is 28.2 Å². The number of methoxy groups -OCH3 is 1. The maximum absolute atomic E-state index is 11.4. The monoisotopic (exact) mass is 271 g/mol. The molecule has 1 unspecified atom stereocenters. The molecule has 0 aliphatic heterocycles. The Kier molecular flexibility index (Phi) is 4.29. The molecule has 0 heterocycles. The number of carbonyl (C=O) groups excluding carboxylic acids is 1. The van der Waals surface area contributed by atoms with Gasteiger partial charge in [-0.1, -0.05) is 6.07 Å². The molecule has 3 nitrogen and oxygen atoms in total. The van der Waals surface area contributed by atoms with E-state index < -0.39 is 6.04 Å². The highest BCUT2D eigenvalue weighted by molar-refractivity contribution is 9.10. The van der Waals surface area contributed by atoms with Gasteiger partial charge in [-0.15, -0.1) is 0 Å². The summed E-state index contributed by atoms with van der Waals surface area (Å²) < 4.78 is 5.94. The molecule has 0 aliphatic carbocycles. The summed E-state index contributed by atoms with van der Waals surface area (Å²) in [5.74, 6) is 0.791. The molecular weight excluding hydrogens is 258 g/mol. The van der Waals surface area contributed by atoms with E-state index in [0.29, 0.717) is 6.42 Å². The lowest BCUT2D eigenvalue weighted by Gasteiger charge is -2.07. The molecule has 0 amide bonds. The number of nitrogens with two attached hydrogens (primary N) is 1. The van der Waals surface area contributed by atoms with Crippen LogP contribution in [-0.4, -0.2) is 18.9 Å². The molecule has 0 aromatic heterocycles. The Labute approximate surface area is 97.7 Å². The van der Waals surface area contributed by atoms with E-state index in [0.717, 1.165) is 15.8 Å². The highest BCUT2D eigenvalue weighted by Gasteiger charge is 2.09. The van der Waals surface area contributed by atoms with Gasteiger partial charge in [0.15, 0.2) is 5.78 Å². The van der Waals surface area contributed by atoms with Crippen molar-refractivity contribution < 1.29 is 9.53 Å². The lowest BCUT2D eigenvalue weighted by atomic mass is 10.1. The Hall–Kier alpha value is -0.870. The number of rotatable bonds is 4. The van der Waals surface area contributed by atoms with Crippen LogP contribution < -0.4 is 10.5 Å². The van der Waals surface area contributed by atoms with E-state index in [4.69, 9.17) is 10.5 Å². The minimum atomic E-state index is -0.411. The van der Waals surface area contributed by atoms with E-state index in [1.165, 1.54) is 0 Å². The van der Waals surface area contributed by atoms with Gasteiger partial charge in [0.2, 0.25) is 0 Å². The Morgan fingerprint density at radius 2 is 2.27 bits per heavy atom. The second-order valence-corrected chi connectivity index (χ2v) is 4.25. The molecular formula is C11H14BrNO2. The smallest absolute Gasteiger partial charge is 0.153 e. The molecule has 0 saturated heterocycles. The number of hydrogen-bond donors (Lipinski definition) is 1. The third-order valence-corrected chi connectivity index (χ3v) is 2.72. The van der Waals surface area contributed by atoms with Gasteiger partial charge in [0, 0.05) is 6.42 Å². The Morgan fingerprint density at radius 1 is 1.60 bits per heavy atom. The van der Waals surface area contributed by atoms with Crippen LogP contribution >= 0.6 is 15.9 Å². The zero-order valence-electron chi connectivity index (χ0n) is 8.79. The van der Waals surface area contributed by atoms with Crippen molar-refractivity contribution in [2.24, 2.45) is 5.73 Å². The quantitative estimate of drug-likeness (QED) is 0.911. The van der Waals surface area contributed by atoms with Gasteiger partial charge >= 0.3 is 0 Å². The van der Waals surface area contributed by atoms with E-state index in [9.17, 15) is 4.79 Å². The lowest BCUT2D eigenvalue weighted by Crippen LogP contribution is -2.28. The molecule has 0 saturated carbocycles. The van der Waals surface area contributed by atoms with E-state index >= 15 is 0 Å². The first kappa shape index (κ1) is 12.2. The van der Waals surface area contributed by atoms with Crippen LogP contribution in [0.2, 0.25) is 0 Å². The first-order chi connectivity index (χ1) is 7.04. The van der Waals surface area contributed by atoms with Gasteiger partial charge in [0.25, 0.3) is 0 Å². The second kappa shape index (κ2) is 5.28. The zero-order chi connectivity index (χ0) is 11.4. The first-order valence-corrected chi connectivity index (χ1v) is 5.44. The molecule has 4 heteroatoms. The molecule has 0 spiro atoms. The third kappa shape index (κ3) is 3.32. The molecule has 0 bridgehead atoms. The first-order valence-electron chi connectivity index (χ1n) is 4.65. The van der Waals surface area contributed by atoms with Gasteiger partial charge in [-0.05, 0) is 40.5 Å². The summed E-state index contributed by atoms with van der Waals surface area (Å²) in [6, 6.07) is 5.16. The summed E-state index contributed by atoms with van der Waals surface area (Å²) in [7, 11) is 1.60. The van der Waals surface area contributed by atoms with Gasteiger partial charge in [0.05, 0.1) is 17.6 Å². The SMILES string of the molecule is COc1ccc(CC(=O)C(C)N)cc1Br. The standard InChI is InChI=1S/C11H14BrNO2/c1-7(13)10(14)6-8-3-4-11(15-2)9(12)5-8/h3-5,7H,6,13H2,1-2H3. The van der Waals surface area contributed by atoms with E-state index in [2.05, 4.69) is 15.9 Å². The van der Waals surface area contributed by atoms with Crippen LogP contribution in [-0.2, 0) is 11.2 Å². The van der Waals surface area contributed by atoms with E-state index in [-0.39, 0.29) is 5.78 Å².